The molecule has 1 aromatic heterocycles. The van der Waals surface area contributed by atoms with Crippen LogP contribution < -0.4 is 0 Å². The molecule has 6 nitrogen and oxygen atoms in total. The minimum absolute atomic E-state index is 0.0570. The molecule has 0 saturated heterocycles. The fourth-order valence-electron chi connectivity index (χ4n) is 2.25. The van der Waals surface area contributed by atoms with E-state index < -0.39 is 5.60 Å². The number of hydrogen-bond acceptors (Lipinski definition) is 4. The van der Waals surface area contributed by atoms with E-state index in [1.165, 1.54) is 6.33 Å². The Hall–Kier alpha value is -1.85. The molecule has 1 aromatic rings. The summed E-state index contributed by atoms with van der Waals surface area (Å²) in [4.78, 5) is 30.5. The van der Waals surface area contributed by atoms with Gasteiger partial charge in [-0.1, -0.05) is 26.7 Å². The van der Waals surface area contributed by atoms with Gasteiger partial charge < -0.3 is 14.2 Å². The summed E-state index contributed by atoms with van der Waals surface area (Å²) in [7, 11) is 0. The van der Waals surface area contributed by atoms with E-state index in [1.54, 1.807) is 10.8 Å². The van der Waals surface area contributed by atoms with Crippen molar-refractivity contribution >= 4 is 11.9 Å². The van der Waals surface area contributed by atoms with E-state index in [2.05, 4.69) is 18.8 Å². The van der Waals surface area contributed by atoms with E-state index in [4.69, 9.17) is 4.74 Å². The van der Waals surface area contributed by atoms with E-state index in [-0.39, 0.29) is 18.4 Å². The zero-order chi connectivity index (χ0) is 18.2. The van der Waals surface area contributed by atoms with E-state index in [0.29, 0.717) is 5.69 Å². The second kappa shape index (κ2) is 9.45. The first-order valence-corrected chi connectivity index (χ1v) is 8.79. The Morgan fingerprint density at radius 3 is 2.25 bits per heavy atom. The van der Waals surface area contributed by atoms with Crippen LogP contribution >= 0.6 is 0 Å². The molecule has 0 unspecified atom stereocenters. The molecule has 1 heterocycles. The maximum Gasteiger partial charge on any atom is 0.326 e. The second-order valence-electron chi connectivity index (χ2n) is 7.02. The third-order valence-electron chi connectivity index (χ3n) is 3.43. The SMILES string of the molecule is CCCCN(CCCC)C(=O)c1cn(CC(=O)OC(C)(C)C)cn1. The Morgan fingerprint density at radius 1 is 1.17 bits per heavy atom. The monoisotopic (exact) mass is 337 g/mol. The third kappa shape index (κ3) is 7.15. The van der Waals surface area contributed by atoms with Crippen molar-refractivity contribution in [2.75, 3.05) is 13.1 Å². The summed E-state index contributed by atoms with van der Waals surface area (Å²) < 4.78 is 6.88. The van der Waals surface area contributed by atoms with Gasteiger partial charge in [-0.15, -0.1) is 0 Å². The fraction of sp³-hybridized carbons (Fsp3) is 0.722. The Bertz CT molecular complexity index is 524. The number of carbonyl (C=O) groups excluding carboxylic acids is 2. The van der Waals surface area contributed by atoms with Crippen molar-refractivity contribution < 1.29 is 14.3 Å². The third-order valence-corrected chi connectivity index (χ3v) is 3.43. The molecule has 1 rings (SSSR count). The standard InChI is InChI=1S/C18H31N3O3/c1-6-8-10-21(11-9-7-2)17(23)15-12-20(14-19-15)13-16(22)24-18(3,4)5/h12,14H,6-11,13H2,1-5H3. The fourth-order valence-corrected chi connectivity index (χ4v) is 2.25. The lowest BCUT2D eigenvalue weighted by atomic mass is 10.2. The zero-order valence-corrected chi connectivity index (χ0v) is 15.7. The largest absolute Gasteiger partial charge is 0.459 e. The smallest absolute Gasteiger partial charge is 0.326 e. The number of esters is 1. The van der Waals surface area contributed by atoms with Crippen molar-refractivity contribution in [1.29, 1.82) is 0 Å². The average Bonchev–Trinajstić information content (AvgIpc) is 2.93. The van der Waals surface area contributed by atoms with Gasteiger partial charge in [-0.3, -0.25) is 9.59 Å². The molecule has 0 N–H and O–H groups in total. The predicted octanol–water partition coefficient (Wildman–Crippen LogP) is 3.27. The number of hydrogen-bond donors (Lipinski definition) is 0. The van der Waals surface area contributed by atoms with Gasteiger partial charge >= 0.3 is 5.97 Å². The van der Waals surface area contributed by atoms with E-state index >= 15 is 0 Å². The van der Waals surface area contributed by atoms with Crippen LogP contribution in [0.5, 0.6) is 0 Å². The van der Waals surface area contributed by atoms with Crippen LogP contribution in [0, 0.1) is 0 Å². The average molecular weight is 337 g/mol. The number of nitrogens with zero attached hydrogens (tertiary/aromatic N) is 3. The number of unbranched alkanes of at least 4 members (excludes halogenated alkanes) is 2. The Labute approximate surface area is 145 Å². The number of aromatic nitrogens is 2. The van der Waals surface area contributed by atoms with Gasteiger partial charge in [-0.2, -0.15) is 0 Å². The molecule has 0 atom stereocenters. The number of imidazole rings is 1. The molecule has 0 radical (unpaired) electrons. The minimum Gasteiger partial charge on any atom is -0.459 e. The summed E-state index contributed by atoms with van der Waals surface area (Å²) in [6.07, 6.45) is 7.18. The van der Waals surface area contributed by atoms with E-state index in [1.807, 2.05) is 25.7 Å². The first-order chi connectivity index (χ1) is 11.3. The van der Waals surface area contributed by atoms with Gasteiger partial charge in [0.15, 0.2) is 0 Å². The Morgan fingerprint density at radius 2 is 1.75 bits per heavy atom. The highest BCUT2D eigenvalue weighted by atomic mass is 16.6. The summed E-state index contributed by atoms with van der Waals surface area (Å²) in [5, 5.41) is 0. The highest BCUT2D eigenvalue weighted by Crippen LogP contribution is 2.09. The van der Waals surface area contributed by atoms with Crippen molar-refractivity contribution in [3.63, 3.8) is 0 Å². The minimum atomic E-state index is -0.520. The lowest BCUT2D eigenvalue weighted by Crippen LogP contribution is -2.33. The van der Waals surface area contributed by atoms with E-state index in [9.17, 15) is 9.59 Å². The van der Waals surface area contributed by atoms with Crippen LogP contribution in [-0.4, -0.2) is 45.0 Å². The molecular formula is C18H31N3O3. The molecule has 24 heavy (non-hydrogen) atoms. The molecule has 136 valence electrons. The molecular weight excluding hydrogens is 306 g/mol. The van der Waals surface area contributed by atoms with Crippen molar-refractivity contribution in [2.24, 2.45) is 0 Å². The van der Waals surface area contributed by atoms with Crippen LogP contribution in [0.15, 0.2) is 12.5 Å². The Balaban J connectivity index is 2.70. The first-order valence-electron chi connectivity index (χ1n) is 8.79. The van der Waals surface area contributed by atoms with Gasteiger partial charge in [0.05, 0.1) is 6.33 Å². The highest BCUT2D eigenvalue weighted by molar-refractivity contribution is 5.92. The molecule has 0 spiro atoms. The normalized spacial score (nSPS) is 11.4. The summed E-state index contributed by atoms with van der Waals surface area (Å²) in [5.74, 6) is -0.410. The lowest BCUT2D eigenvalue weighted by molar-refractivity contribution is -0.155. The van der Waals surface area contributed by atoms with Gasteiger partial charge in [0.2, 0.25) is 0 Å². The van der Waals surface area contributed by atoms with Crippen molar-refractivity contribution in [3.8, 4) is 0 Å². The van der Waals surface area contributed by atoms with Gasteiger partial charge in [-0.05, 0) is 33.6 Å². The molecule has 0 fully saturated rings. The molecule has 0 aliphatic heterocycles. The number of ether oxygens (including phenoxy) is 1. The molecule has 6 heteroatoms. The van der Waals surface area contributed by atoms with Gasteiger partial charge in [-0.25, -0.2) is 4.98 Å². The molecule has 0 aliphatic rings. The molecule has 0 aromatic carbocycles. The number of carbonyl (C=O) groups is 2. The van der Waals surface area contributed by atoms with Crippen LogP contribution in [-0.2, 0) is 16.1 Å². The Kier molecular flexibility index (Phi) is 7.95. The maximum atomic E-state index is 12.6. The molecule has 0 saturated carbocycles. The lowest BCUT2D eigenvalue weighted by Gasteiger charge is -2.21. The zero-order valence-electron chi connectivity index (χ0n) is 15.7. The van der Waals surface area contributed by atoms with Crippen LogP contribution in [0.1, 0.15) is 70.8 Å². The molecule has 1 amide bonds. The molecule has 0 aliphatic carbocycles. The summed E-state index contributed by atoms with van der Waals surface area (Å²) in [5.41, 5.74) is -0.140. The van der Waals surface area contributed by atoms with Crippen molar-refractivity contribution in [1.82, 2.24) is 14.5 Å². The van der Waals surface area contributed by atoms with Gasteiger partial charge in [0, 0.05) is 19.3 Å². The van der Waals surface area contributed by atoms with Crippen molar-refractivity contribution in [3.05, 3.63) is 18.2 Å². The first kappa shape index (κ1) is 20.2. The van der Waals surface area contributed by atoms with Crippen LogP contribution in [0.3, 0.4) is 0 Å². The van der Waals surface area contributed by atoms with Gasteiger partial charge in [0.25, 0.3) is 5.91 Å². The van der Waals surface area contributed by atoms with Crippen LogP contribution in [0.25, 0.3) is 0 Å². The van der Waals surface area contributed by atoms with E-state index in [0.717, 1.165) is 38.8 Å². The van der Waals surface area contributed by atoms with Crippen LogP contribution in [0.4, 0.5) is 0 Å². The number of rotatable bonds is 9. The summed E-state index contributed by atoms with van der Waals surface area (Å²) in [6.45, 7) is 11.2. The topological polar surface area (TPSA) is 64.4 Å². The number of amides is 1. The quantitative estimate of drug-likeness (QED) is 0.649. The highest BCUT2D eigenvalue weighted by Gasteiger charge is 2.20. The van der Waals surface area contributed by atoms with Gasteiger partial charge in [0.1, 0.15) is 17.8 Å². The second-order valence-corrected chi connectivity index (χ2v) is 7.02. The summed E-state index contributed by atoms with van der Waals surface area (Å²) in [6, 6.07) is 0. The van der Waals surface area contributed by atoms with Crippen LogP contribution in [0.2, 0.25) is 0 Å². The summed E-state index contributed by atoms with van der Waals surface area (Å²) >= 11 is 0. The molecule has 0 bridgehead atoms. The van der Waals surface area contributed by atoms with Crippen molar-refractivity contribution in [2.45, 2.75) is 72.4 Å². The predicted molar refractivity (Wildman–Crippen MR) is 93.8 cm³/mol. The maximum absolute atomic E-state index is 12.6.